The van der Waals surface area contributed by atoms with Crippen LogP contribution in [0.1, 0.15) is 19.8 Å². The third-order valence-electron chi connectivity index (χ3n) is 4.07. The van der Waals surface area contributed by atoms with E-state index >= 15 is 0 Å². The third kappa shape index (κ3) is 5.05. The van der Waals surface area contributed by atoms with Crippen LogP contribution in [-0.2, 0) is 14.8 Å². The summed E-state index contributed by atoms with van der Waals surface area (Å²) < 4.78 is 40.4. The van der Waals surface area contributed by atoms with Crippen molar-refractivity contribution >= 4 is 27.8 Å². The van der Waals surface area contributed by atoms with Gasteiger partial charge in [-0.05, 0) is 60.2 Å². The van der Waals surface area contributed by atoms with E-state index in [1.807, 2.05) is 6.92 Å². The molecule has 0 saturated carbocycles. The van der Waals surface area contributed by atoms with Crippen LogP contribution >= 0.6 is 12.6 Å². The first-order valence-corrected chi connectivity index (χ1v) is 10.6. The summed E-state index contributed by atoms with van der Waals surface area (Å²) in [5.74, 6) is -0.0964. The summed E-state index contributed by atoms with van der Waals surface area (Å²) in [6, 6.07) is 10.6. The molecule has 0 aliphatic heterocycles. The number of nitrogens with one attached hydrogen (secondary N) is 1. The van der Waals surface area contributed by atoms with E-state index in [0.29, 0.717) is 24.1 Å². The molecule has 1 unspecified atom stereocenters. The minimum Gasteiger partial charge on any atom is -0.286 e. The Morgan fingerprint density at radius 1 is 1.17 bits per heavy atom. The number of benzene rings is 2. The van der Waals surface area contributed by atoms with E-state index in [2.05, 4.69) is 32.8 Å². The Morgan fingerprint density at radius 2 is 1.83 bits per heavy atom. The number of hydrogen-bond acceptors (Lipinski definition) is 6. The molecule has 11 heteroatoms. The molecule has 1 N–H and O–H groups in total. The van der Waals surface area contributed by atoms with Gasteiger partial charge in [-0.2, -0.15) is 4.72 Å². The number of aromatic nitrogens is 4. The van der Waals surface area contributed by atoms with Gasteiger partial charge in [-0.15, -0.1) is 27.6 Å². The molecule has 1 heterocycles. The van der Waals surface area contributed by atoms with Crippen molar-refractivity contribution in [3.05, 3.63) is 54.3 Å². The lowest BCUT2D eigenvalue weighted by molar-refractivity contribution is -0.112. The molecule has 0 saturated heterocycles. The molecule has 0 fully saturated rings. The van der Waals surface area contributed by atoms with Crippen LogP contribution in [0.3, 0.4) is 0 Å². The Morgan fingerprint density at radius 3 is 2.41 bits per heavy atom. The van der Waals surface area contributed by atoms with Gasteiger partial charge in [-0.1, -0.05) is 13.3 Å². The maximum atomic E-state index is 13.0. The molecule has 0 aliphatic rings. The Kier molecular flexibility index (Phi) is 6.40. The van der Waals surface area contributed by atoms with Gasteiger partial charge in [-0.25, -0.2) is 12.8 Å². The summed E-state index contributed by atoms with van der Waals surface area (Å²) >= 11 is 3.74. The highest BCUT2D eigenvalue weighted by Gasteiger charge is 2.23. The Labute approximate surface area is 172 Å². The fourth-order valence-electron chi connectivity index (χ4n) is 2.57. The second kappa shape index (κ2) is 8.80. The van der Waals surface area contributed by atoms with Crippen LogP contribution in [0.2, 0.25) is 0 Å². The van der Waals surface area contributed by atoms with E-state index in [9.17, 15) is 17.6 Å². The third-order valence-corrected chi connectivity index (χ3v) is 5.87. The number of carbonyl (C=O) groups is 1. The first kappa shape index (κ1) is 21.1. The van der Waals surface area contributed by atoms with Crippen molar-refractivity contribution in [3.8, 4) is 17.1 Å². The lowest BCUT2D eigenvalue weighted by Crippen LogP contribution is -2.38. The Hall–Kier alpha value is -2.63. The number of nitrogens with zero attached hydrogens (tertiary/aromatic N) is 4. The fourth-order valence-corrected chi connectivity index (χ4v) is 4.08. The number of halogens is 1. The number of sulfonamides is 1. The van der Waals surface area contributed by atoms with Gasteiger partial charge in [0.05, 0.1) is 16.6 Å². The number of tetrazole rings is 1. The van der Waals surface area contributed by atoms with Gasteiger partial charge in [-0.3, -0.25) is 4.79 Å². The topological polar surface area (TPSA) is 107 Å². The van der Waals surface area contributed by atoms with Crippen molar-refractivity contribution in [1.29, 1.82) is 0 Å². The molecular formula is C18H18FN5O3S2. The average Bonchev–Trinajstić information content (AvgIpc) is 3.18. The van der Waals surface area contributed by atoms with Gasteiger partial charge < -0.3 is 0 Å². The second-order valence-electron chi connectivity index (χ2n) is 6.20. The molecule has 0 spiro atoms. The minimum atomic E-state index is -3.88. The SMILES string of the molecule is CCCC(NS(=O)(=O)c1ccc(-c2nnn(-c3ccc(F)cc3)n2)cc1)C(=O)S. The molecular weight excluding hydrogens is 417 g/mol. The molecule has 1 atom stereocenters. The zero-order valence-corrected chi connectivity index (χ0v) is 17.1. The van der Waals surface area contributed by atoms with Gasteiger partial charge in [0, 0.05) is 5.56 Å². The monoisotopic (exact) mass is 435 g/mol. The van der Waals surface area contributed by atoms with Crippen LogP contribution in [0.15, 0.2) is 53.4 Å². The number of carbonyl (C=O) groups excluding carboxylic acids is 1. The number of hydrogen-bond donors (Lipinski definition) is 2. The van der Waals surface area contributed by atoms with Crippen LogP contribution in [0, 0.1) is 5.82 Å². The van der Waals surface area contributed by atoms with Gasteiger partial charge >= 0.3 is 0 Å². The molecule has 1 aromatic heterocycles. The maximum absolute atomic E-state index is 13.0. The highest BCUT2D eigenvalue weighted by atomic mass is 32.2. The van der Waals surface area contributed by atoms with E-state index < -0.39 is 21.2 Å². The van der Waals surface area contributed by atoms with Crippen molar-refractivity contribution in [2.24, 2.45) is 0 Å². The Bertz CT molecular complexity index is 1100. The summed E-state index contributed by atoms with van der Waals surface area (Å²) in [6.07, 6.45) is 0.990. The molecule has 8 nitrogen and oxygen atoms in total. The molecule has 3 rings (SSSR count). The van der Waals surface area contributed by atoms with Crippen LogP contribution in [0.4, 0.5) is 4.39 Å². The molecule has 2 aromatic carbocycles. The van der Waals surface area contributed by atoms with Crippen LogP contribution in [0.25, 0.3) is 17.1 Å². The van der Waals surface area contributed by atoms with Gasteiger partial charge in [0.1, 0.15) is 5.82 Å². The summed E-state index contributed by atoms with van der Waals surface area (Å²) in [7, 11) is -3.88. The van der Waals surface area contributed by atoms with E-state index in [1.54, 1.807) is 0 Å². The van der Waals surface area contributed by atoms with Crippen LogP contribution in [0.5, 0.6) is 0 Å². The molecule has 0 amide bonds. The predicted octanol–water partition coefficient (Wildman–Crippen LogP) is 2.37. The molecule has 29 heavy (non-hydrogen) atoms. The van der Waals surface area contributed by atoms with Crippen molar-refractivity contribution in [3.63, 3.8) is 0 Å². The summed E-state index contributed by atoms with van der Waals surface area (Å²) in [4.78, 5) is 12.8. The molecule has 0 aliphatic carbocycles. The summed E-state index contributed by atoms with van der Waals surface area (Å²) in [6.45, 7) is 1.85. The quantitative estimate of drug-likeness (QED) is 0.526. The van der Waals surface area contributed by atoms with E-state index in [0.717, 1.165) is 0 Å². The summed E-state index contributed by atoms with van der Waals surface area (Å²) in [5.41, 5.74) is 1.08. The van der Waals surface area contributed by atoms with Crippen molar-refractivity contribution in [2.75, 3.05) is 0 Å². The maximum Gasteiger partial charge on any atom is 0.241 e. The lowest BCUT2D eigenvalue weighted by atomic mass is 10.2. The second-order valence-corrected chi connectivity index (χ2v) is 8.36. The van der Waals surface area contributed by atoms with E-state index in [-0.39, 0.29) is 16.5 Å². The zero-order chi connectivity index (χ0) is 21.0. The first-order chi connectivity index (χ1) is 13.8. The molecule has 0 radical (unpaired) electrons. The predicted molar refractivity (Wildman–Crippen MR) is 108 cm³/mol. The molecule has 0 bridgehead atoms. The molecule has 152 valence electrons. The first-order valence-electron chi connectivity index (χ1n) is 8.71. The van der Waals surface area contributed by atoms with E-state index in [4.69, 9.17) is 0 Å². The average molecular weight is 436 g/mol. The van der Waals surface area contributed by atoms with Gasteiger partial charge in [0.25, 0.3) is 0 Å². The Balaban J connectivity index is 1.79. The van der Waals surface area contributed by atoms with Gasteiger partial charge in [0.2, 0.25) is 21.0 Å². The van der Waals surface area contributed by atoms with Crippen molar-refractivity contribution < 1.29 is 17.6 Å². The highest BCUT2D eigenvalue weighted by molar-refractivity contribution is 7.97. The zero-order valence-electron chi connectivity index (χ0n) is 15.4. The van der Waals surface area contributed by atoms with E-state index in [1.165, 1.54) is 53.3 Å². The largest absolute Gasteiger partial charge is 0.286 e. The standard InChI is InChI=1S/C18H18FN5O3S2/c1-2-3-16(18(25)28)22-29(26,27)15-10-4-12(5-11-15)17-20-23-24(21-17)14-8-6-13(19)7-9-14/h4-11,16,22H,2-3H2,1H3,(H,25,28). The smallest absolute Gasteiger partial charge is 0.241 e. The lowest BCUT2D eigenvalue weighted by Gasteiger charge is -2.14. The van der Waals surface area contributed by atoms with Gasteiger partial charge in [0.15, 0.2) is 0 Å². The highest BCUT2D eigenvalue weighted by Crippen LogP contribution is 2.19. The van der Waals surface area contributed by atoms with Crippen molar-refractivity contribution in [2.45, 2.75) is 30.7 Å². The van der Waals surface area contributed by atoms with Crippen molar-refractivity contribution in [1.82, 2.24) is 24.9 Å². The molecule has 3 aromatic rings. The number of rotatable bonds is 8. The van der Waals surface area contributed by atoms with Crippen LogP contribution in [-0.4, -0.2) is 39.8 Å². The number of thiol groups is 1. The normalized spacial score (nSPS) is 12.7. The minimum absolute atomic E-state index is 0.00265. The summed E-state index contributed by atoms with van der Waals surface area (Å²) in [5, 5.41) is 11.5. The fraction of sp³-hybridized carbons (Fsp3) is 0.222. The van der Waals surface area contributed by atoms with Crippen LogP contribution < -0.4 is 4.72 Å².